The third-order valence-electron chi connectivity index (χ3n) is 6.58. The average Bonchev–Trinajstić information content (AvgIpc) is 3.49. The number of rotatable bonds is 8. The maximum atomic E-state index is 13.6. The van der Waals surface area contributed by atoms with Gasteiger partial charge < -0.3 is 24.8 Å². The summed E-state index contributed by atoms with van der Waals surface area (Å²) in [6.07, 6.45) is -2.39. The standard InChI is InChI=1S/C26H29F3N6OS/c1-34-12-10-18(11-13-34)31-21-4-3-5-22-20(21)14-23(35(22)16-26(27,28)29)25-33-32-24(37-25)15-30-17-6-8-19(36-2)9-7-17/h3-9,14,18,30-31H,10-13,15-16H2,1-2H3. The number of benzene rings is 2. The Hall–Kier alpha value is -3.31. The van der Waals surface area contributed by atoms with Crippen molar-refractivity contribution in [3.63, 3.8) is 0 Å². The lowest BCUT2D eigenvalue weighted by Crippen LogP contribution is -2.36. The second-order valence-electron chi connectivity index (χ2n) is 9.27. The van der Waals surface area contributed by atoms with E-state index in [0.29, 0.717) is 27.8 Å². The van der Waals surface area contributed by atoms with Gasteiger partial charge in [0.2, 0.25) is 0 Å². The number of nitrogens with zero attached hydrogens (tertiary/aromatic N) is 4. The molecule has 0 saturated carbocycles. The lowest BCUT2D eigenvalue weighted by Gasteiger charge is -2.30. The molecular weight excluding hydrogens is 501 g/mol. The van der Waals surface area contributed by atoms with E-state index >= 15 is 0 Å². The summed E-state index contributed by atoms with van der Waals surface area (Å²) < 4.78 is 47.4. The van der Waals surface area contributed by atoms with Gasteiger partial charge in [0.05, 0.1) is 24.9 Å². The van der Waals surface area contributed by atoms with E-state index in [1.165, 1.54) is 15.9 Å². The van der Waals surface area contributed by atoms with Crippen molar-refractivity contribution in [1.29, 1.82) is 0 Å². The maximum absolute atomic E-state index is 13.6. The van der Waals surface area contributed by atoms with Gasteiger partial charge in [0.1, 0.15) is 17.3 Å². The Morgan fingerprint density at radius 2 is 1.84 bits per heavy atom. The highest BCUT2D eigenvalue weighted by Crippen LogP contribution is 2.36. The average molecular weight is 531 g/mol. The highest BCUT2D eigenvalue weighted by Gasteiger charge is 2.31. The van der Waals surface area contributed by atoms with E-state index in [2.05, 4.69) is 32.8 Å². The summed E-state index contributed by atoms with van der Waals surface area (Å²) in [5.74, 6) is 0.755. The molecule has 2 aromatic carbocycles. The Kier molecular flexibility index (Phi) is 7.25. The first kappa shape index (κ1) is 25.3. The molecule has 0 unspecified atom stereocenters. The van der Waals surface area contributed by atoms with Crippen LogP contribution in [0.3, 0.4) is 0 Å². The highest BCUT2D eigenvalue weighted by atomic mass is 32.1. The normalized spacial score (nSPS) is 15.3. The van der Waals surface area contributed by atoms with E-state index in [1.54, 1.807) is 25.3 Å². The molecule has 0 spiro atoms. The third kappa shape index (κ3) is 5.99. The third-order valence-corrected chi connectivity index (χ3v) is 7.53. The van der Waals surface area contributed by atoms with Crippen LogP contribution in [0.1, 0.15) is 17.8 Å². The van der Waals surface area contributed by atoms with Crippen molar-refractivity contribution in [1.82, 2.24) is 19.7 Å². The van der Waals surface area contributed by atoms with Gasteiger partial charge in [-0.15, -0.1) is 10.2 Å². The molecular formula is C26H29F3N6OS. The fourth-order valence-electron chi connectivity index (χ4n) is 4.63. The fourth-order valence-corrected chi connectivity index (χ4v) is 5.43. The molecule has 1 aliphatic rings. The van der Waals surface area contributed by atoms with Crippen molar-refractivity contribution in [2.24, 2.45) is 0 Å². The number of fused-ring (bicyclic) bond motifs is 1. The number of likely N-dealkylation sites (tertiary alicyclic amines) is 1. The number of methoxy groups -OCH3 is 1. The van der Waals surface area contributed by atoms with E-state index in [4.69, 9.17) is 4.74 Å². The first-order valence-electron chi connectivity index (χ1n) is 12.1. The van der Waals surface area contributed by atoms with E-state index in [1.807, 2.05) is 30.3 Å². The molecule has 0 amide bonds. The molecule has 11 heteroatoms. The minimum Gasteiger partial charge on any atom is -0.497 e. The Balaban J connectivity index is 1.42. The number of nitrogens with one attached hydrogen (secondary N) is 2. The summed E-state index contributed by atoms with van der Waals surface area (Å²) in [7, 11) is 3.71. The first-order valence-corrected chi connectivity index (χ1v) is 13.0. The second-order valence-corrected chi connectivity index (χ2v) is 10.3. The molecule has 4 aromatic rings. The van der Waals surface area contributed by atoms with Crippen molar-refractivity contribution in [3.8, 4) is 16.5 Å². The van der Waals surface area contributed by atoms with Gasteiger partial charge in [0, 0.05) is 22.8 Å². The summed E-state index contributed by atoms with van der Waals surface area (Å²) in [5.41, 5.74) is 2.67. The van der Waals surface area contributed by atoms with Crippen LogP contribution in [0.25, 0.3) is 21.6 Å². The fraction of sp³-hybridized carbons (Fsp3) is 0.385. The first-order chi connectivity index (χ1) is 17.8. The number of ether oxygens (including phenoxy) is 1. The molecule has 196 valence electrons. The Labute approximate surface area is 217 Å². The number of hydrogen-bond acceptors (Lipinski definition) is 7. The molecule has 5 rings (SSSR count). The lowest BCUT2D eigenvalue weighted by atomic mass is 10.0. The summed E-state index contributed by atoms with van der Waals surface area (Å²) in [6, 6.07) is 15.0. The maximum Gasteiger partial charge on any atom is 0.406 e. The summed E-state index contributed by atoms with van der Waals surface area (Å²) in [5, 5.41) is 17.2. The van der Waals surface area contributed by atoms with Gasteiger partial charge in [-0.1, -0.05) is 17.4 Å². The number of piperidine rings is 1. The molecule has 1 aliphatic heterocycles. The molecule has 2 N–H and O–H groups in total. The molecule has 1 fully saturated rings. The zero-order chi connectivity index (χ0) is 26.0. The quantitative estimate of drug-likeness (QED) is 0.298. The van der Waals surface area contributed by atoms with Gasteiger partial charge in [-0.2, -0.15) is 13.2 Å². The molecule has 3 heterocycles. The SMILES string of the molecule is COc1ccc(NCc2nnc(-c3cc4c(NC5CCN(C)CC5)cccc4n3CC(F)(F)F)s2)cc1. The van der Waals surface area contributed by atoms with Gasteiger partial charge in [0.25, 0.3) is 0 Å². The zero-order valence-electron chi connectivity index (χ0n) is 20.7. The summed E-state index contributed by atoms with van der Waals surface area (Å²) >= 11 is 1.29. The van der Waals surface area contributed by atoms with Crippen LogP contribution in [-0.2, 0) is 13.1 Å². The van der Waals surface area contributed by atoms with Crippen LogP contribution in [0.4, 0.5) is 24.5 Å². The van der Waals surface area contributed by atoms with Crippen molar-refractivity contribution in [3.05, 3.63) is 53.5 Å². The Bertz CT molecular complexity index is 1340. The monoisotopic (exact) mass is 530 g/mol. The van der Waals surface area contributed by atoms with Crippen LogP contribution in [0.5, 0.6) is 5.75 Å². The van der Waals surface area contributed by atoms with Gasteiger partial charge in [-0.05, 0) is 75.4 Å². The van der Waals surface area contributed by atoms with Crippen molar-refractivity contribution in [2.75, 3.05) is 37.9 Å². The van der Waals surface area contributed by atoms with Crippen molar-refractivity contribution >= 4 is 33.6 Å². The summed E-state index contributed by atoms with van der Waals surface area (Å²) in [6.45, 7) is 1.30. The molecule has 0 radical (unpaired) electrons. The van der Waals surface area contributed by atoms with Crippen molar-refractivity contribution in [2.45, 2.75) is 38.1 Å². The van der Waals surface area contributed by atoms with Gasteiger partial charge in [-0.3, -0.25) is 0 Å². The number of hydrogen-bond donors (Lipinski definition) is 2. The molecule has 2 aromatic heterocycles. The van der Waals surface area contributed by atoms with Crippen molar-refractivity contribution < 1.29 is 17.9 Å². The lowest BCUT2D eigenvalue weighted by molar-refractivity contribution is -0.139. The van der Waals surface area contributed by atoms with Gasteiger partial charge >= 0.3 is 6.18 Å². The van der Waals surface area contributed by atoms with Crippen LogP contribution in [0.15, 0.2) is 48.5 Å². The summed E-state index contributed by atoms with van der Waals surface area (Å²) in [4.78, 5) is 2.28. The van der Waals surface area contributed by atoms with E-state index in [9.17, 15) is 13.2 Å². The van der Waals surface area contributed by atoms with Crippen LogP contribution in [0, 0.1) is 0 Å². The number of halogens is 3. The Morgan fingerprint density at radius 3 is 2.54 bits per heavy atom. The zero-order valence-corrected chi connectivity index (χ0v) is 21.5. The van der Waals surface area contributed by atoms with Crippen LogP contribution in [-0.4, -0.2) is 59.1 Å². The molecule has 37 heavy (non-hydrogen) atoms. The van der Waals surface area contributed by atoms with E-state index < -0.39 is 12.7 Å². The second kappa shape index (κ2) is 10.6. The largest absolute Gasteiger partial charge is 0.497 e. The highest BCUT2D eigenvalue weighted by molar-refractivity contribution is 7.14. The predicted octanol–water partition coefficient (Wildman–Crippen LogP) is 5.85. The molecule has 1 saturated heterocycles. The topological polar surface area (TPSA) is 67.2 Å². The Morgan fingerprint density at radius 1 is 1.08 bits per heavy atom. The minimum atomic E-state index is -4.37. The number of aromatic nitrogens is 3. The van der Waals surface area contributed by atoms with E-state index in [0.717, 1.165) is 48.4 Å². The van der Waals surface area contributed by atoms with Crippen LogP contribution in [0.2, 0.25) is 0 Å². The van der Waals surface area contributed by atoms with Gasteiger partial charge in [0.15, 0.2) is 5.01 Å². The van der Waals surface area contributed by atoms with E-state index in [-0.39, 0.29) is 6.04 Å². The number of alkyl halides is 3. The minimum absolute atomic E-state index is 0.286. The molecule has 7 nitrogen and oxygen atoms in total. The molecule has 0 aliphatic carbocycles. The molecule has 0 bridgehead atoms. The smallest absolute Gasteiger partial charge is 0.406 e. The van der Waals surface area contributed by atoms with Crippen LogP contribution < -0.4 is 15.4 Å². The van der Waals surface area contributed by atoms with Crippen LogP contribution >= 0.6 is 11.3 Å². The van der Waals surface area contributed by atoms with Gasteiger partial charge in [-0.25, -0.2) is 0 Å². The number of anilines is 2. The molecule has 0 atom stereocenters. The predicted molar refractivity (Wildman–Crippen MR) is 141 cm³/mol.